The van der Waals surface area contributed by atoms with Crippen molar-refractivity contribution in [2.75, 3.05) is 7.11 Å². The van der Waals surface area contributed by atoms with E-state index in [0.29, 0.717) is 0 Å². The number of rotatable bonds is 4. The number of esters is 1. The van der Waals surface area contributed by atoms with Crippen LogP contribution in [0.5, 0.6) is 0 Å². The van der Waals surface area contributed by atoms with Gasteiger partial charge in [-0.3, -0.25) is 0 Å². The number of hydrogen-bond acceptors (Lipinski definition) is 4. The molecule has 0 spiro atoms. The van der Waals surface area contributed by atoms with Crippen LogP contribution in [-0.4, -0.2) is 37.2 Å². The molecule has 0 heterocycles. The highest BCUT2D eigenvalue weighted by molar-refractivity contribution is 5.81. The molecule has 0 fully saturated rings. The lowest BCUT2D eigenvalue weighted by molar-refractivity contribution is -0.146. The smallest absolute Gasteiger partial charge is 0.408 e. The third kappa shape index (κ3) is 5.79. The first kappa shape index (κ1) is 16.6. The SMILES string of the molecule is COC(=O)C(NC(=O)OC(C)(C)C)C(C)C(F)F. The number of amides is 1. The molecule has 0 bridgehead atoms. The number of halogens is 2. The number of methoxy groups -OCH3 is 1. The van der Waals surface area contributed by atoms with Crippen LogP contribution in [0.3, 0.4) is 0 Å². The zero-order valence-electron chi connectivity index (χ0n) is 11.1. The fraction of sp³-hybridized carbons (Fsp3) is 0.818. The van der Waals surface area contributed by atoms with E-state index >= 15 is 0 Å². The zero-order valence-corrected chi connectivity index (χ0v) is 11.1. The topological polar surface area (TPSA) is 64.6 Å². The molecule has 0 aromatic carbocycles. The molecule has 0 aliphatic rings. The highest BCUT2D eigenvalue weighted by Crippen LogP contribution is 2.16. The molecule has 0 saturated heterocycles. The van der Waals surface area contributed by atoms with Gasteiger partial charge < -0.3 is 14.8 Å². The second kappa shape index (κ2) is 6.51. The number of nitrogens with one attached hydrogen (secondary N) is 1. The predicted molar refractivity (Wildman–Crippen MR) is 60.3 cm³/mol. The van der Waals surface area contributed by atoms with Crippen molar-refractivity contribution in [3.05, 3.63) is 0 Å². The van der Waals surface area contributed by atoms with Crippen molar-refractivity contribution >= 4 is 12.1 Å². The van der Waals surface area contributed by atoms with E-state index in [1.807, 2.05) is 0 Å². The molecular formula is C11H19F2NO4. The fourth-order valence-electron chi connectivity index (χ4n) is 1.11. The molecule has 106 valence electrons. The molecule has 0 aliphatic carbocycles. The number of alkyl halides is 2. The number of alkyl carbamates (subject to hydrolysis) is 1. The van der Waals surface area contributed by atoms with Crippen LogP contribution in [0.4, 0.5) is 13.6 Å². The Hall–Kier alpha value is -1.40. The lowest BCUT2D eigenvalue weighted by atomic mass is 10.0. The van der Waals surface area contributed by atoms with Crippen LogP contribution in [0.15, 0.2) is 0 Å². The Balaban J connectivity index is 4.70. The summed E-state index contributed by atoms with van der Waals surface area (Å²) in [5.74, 6) is -2.31. The van der Waals surface area contributed by atoms with Gasteiger partial charge in [0, 0.05) is 5.92 Å². The summed E-state index contributed by atoms with van der Waals surface area (Å²) in [5, 5.41) is 2.09. The van der Waals surface area contributed by atoms with Gasteiger partial charge in [-0.2, -0.15) is 0 Å². The predicted octanol–water partition coefficient (Wildman–Crippen LogP) is 1.95. The van der Waals surface area contributed by atoms with Crippen LogP contribution in [0.2, 0.25) is 0 Å². The third-order valence-corrected chi connectivity index (χ3v) is 2.05. The van der Waals surface area contributed by atoms with Crippen molar-refractivity contribution in [3.63, 3.8) is 0 Å². The summed E-state index contributed by atoms with van der Waals surface area (Å²) in [6, 6.07) is -1.44. The van der Waals surface area contributed by atoms with E-state index in [-0.39, 0.29) is 0 Å². The van der Waals surface area contributed by atoms with Gasteiger partial charge in [-0.1, -0.05) is 6.92 Å². The van der Waals surface area contributed by atoms with Gasteiger partial charge in [0.1, 0.15) is 11.6 Å². The summed E-state index contributed by atoms with van der Waals surface area (Å²) >= 11 is 0. The van der Waals surface area contributed by atoms with Gasteiger partial charge in [0.2, 0.25) is 6.43 Å². The Morgan fingerprint density at radius 2 is 1.72 bits per heavy atom. The summed E-state index contributed by atoms with van der Waals surface area (Å²) in [5.41, 5.74) is -0.779. The average Bonchev–Trinajstić information content (AvgIpc) is 2.21. The number of ether oxygens (including phenoxy) is 2. The first-order valence-corrected chi connectivity index (χ1v) is 5.44. The molecule has 0 aromatic rings. The van der Waals surface area contributed by atoms with Crippen molar-refractivity contribution in [1.82, 2.24) is 5.32 Å². The molecule has 0 rings (SSSR count). The molecule has 18 heavy (non-hydrogen) atoms. The molecule has 2 atom stereocenters. The van der Waals surface area contributed by atoms with Gasteiger partial charge in [0.05, 0.1) is 7.11 Å². The lowest BCUT2D eigenvalue weighted by Gasteiger charge is -2.25. The molecule has 5 nitrogen and oxygen atoms in total. The highest BCUT2D eigenvalue weighted by Gasteiger charge is 2.34. The number of carbonyl (C=O) groups excluding carboxylic acids is 2. The van der Waals surface area contributed by atoms with Crippen molar-refractivity contribution in [1.29, 1.82) is 0 Å². The zero-order chi connectivity index (χ0) is 14.5. The van der Waals surface area contributed by atoms with E-state index in [0.717, 1.165) is 14.0 Å². The van der Waals surface area contributed by atoms with E-state index in [1.54, 1.807) is 20.8 Å². The van der Waals surface area contributed by atoms with Crippen molar-refractivity contribution in [2.24, 2.45) is 5.92 Å². The second-order valence-electron chi connectivity index (χ2n) is 4.84. The molecule has 0 radical (unpaired) electrons. The van der Waals surface area contributed by atoms with E-state index in [1.165, 1.54) is 0 Å². The monoisotopic (exact) mass is 267 g/mol. The van der Waals surface area contributed by atoms with E-state index in [9.17, 15) is 18.4 Å². The highest BCUT2D eigenvalue weighted by atomic mass is 19.3. The molecule has 0 aliphatic heterocycles. The lowest BCUT2D eigenvalue weighted by Crippen LogP contribution is -2.49. The number of hydrogen-bond donors (Lipinski definition) is 1. The normalized spacial score (nSPS) is 14.9. The van der Waals surface area contributed by atoms with Crippen molar-refractivity contribution in [3.8, 4) is 0 Å². The Morgan fingerprint density at radius 1 is 1.22 bits per heavy atom. The van der Waals surface area contributed by atoms with E-state index in [4.69, 9.17) is 4.74 Å². The van der Waals surface area contributed by atoms with Gasteiger partial charge in [0.25, 0.3) is 0 Å². The molecule has 1 N–H and O–H groups in total. The maximum absolute atomic E-state index is 12.6. The Bertz CT molecular complexity index is 302. The summed E-state index contributed by atoms with van der Waals surface area (Å²) in [6.07, 6.45) is -3.70. The molecule has 0 saturated carbocycles. The summed E-state index contributed by atoms with van der Waals surface area (Å²) < 4.78 is 34.4. The van der Waals surface area contributed by atoms with Gasteiger partial charge in [-0.15, -0.1) is 0 Å². The van der Waals surface area contributed by atoms with Gasteiger partial charge in [0.15, 0.2) is 0 Å². The number of carbonyl (C=O) groups is 2. The summed E-state index contributed by atoms with van der Waals surface area (Å²) in [4.78, 5) is 22.8. The second-order valence-corrected chi connectivity index (χ2v) is 4.84. The van der Waals surface area contributed by atoms with Crippen molar-refractivity contribution in [2.45, 2.75) is 45.8 Å². The minimum atomic E-state index is -2.76. The van der Waals surface area contributed by atoms with Crippen LogP contribution in [-0.2, 0) is 14.3 Å². The maximum atomic E-state index is 12.6. The van der Waals surface area contributed by atoms with Gasteiger partial charge in [-0.05, 0) is 20.8 Å². The van der Waals surface area contributed by atoms with Crippen LogP contribution in [0.25, 0.3) is 0 Å². The Labute approximate surface area is 105 Å². The van der Waals surface area contributed by atoms with E-state index in [2.05, 4.69) is 10.1 Å². The fourth-order valence-corrected chi connectivity index (χ4v) is 1.11. The maximum Gasteiger partial charge on any atom is 0.408 e. The molecule has 7 heteroatoms. The molecular weight excluding hydrogens is 248 g/mol. The first-order valence-electron chi connectivity index (χ1n) is 5.44. The molecule has 2 unspecified atom stereocenters. The third-order valence-electron chi connectivity index (χ3n) is 2.05. The Morgan fingerprint density at radius 3 is 2.06 bits per heavy atom. The van der Waals surface area contributed by atoms with Crippen LogP contribution < -0.4 is 5.32 Å². The minimum Gasteiger partial charge on any atom is -0.467 e. The quantitative estimate of drug-likeness (QED) is 0.791. The van der Waals surface area contributed by atoms with Gasteiger partial charge in [-0.25, -0.2) is 18.4 Å². The largest absolute Gasteiger partial charge is 0.467 e. The van der Waals surface area contributed by atoms with E-state index < -0.39 is 36.0 Å². The standard InChI is InChI=1S/C11H19F2NO4/c1-6(8(12)13)7(9(15)17-5)14-10(16)18-11(2,3)4/h6-8H,1-5H3,(H,14,16). The first-order chi connectivity index (χ1) is 8.08. The van der Waals surface area contributed by atoms with Crippen LogP contribution in [0, 0.1) is 5.92 Å². The van der Waals surface area contributed by atoms with Crippen LogP contribution in [0.1, 0.15) is 27.7 Å². The Kier molecular flexibility index (Phi) is 6.00. The minimum absolute atomic E-state index is 0.779. The molecule has 1 amide bonds. The average molecular weight is 267 g/mol. The summed E-state index contributed by atoms with van der Waals surface area (Å²) in [6.45, 7) is 6.01. The van der Waals surface area contributed by atoms with Crippen molar-refractivity contribution < 1.29 is 27.8 Å². The summed E-state index contributed by atoms with van der Waals surface area (Å²) in [7, 11) is 1.06. The molecule has 0 aromatic heterocycles. The van der Waals surface area contributed by atoms with Crippen LogP contribution >= 0.6 is 0 Å². The van der Waals surface area contributed by atoms with Gasteiger partial charge >= 0.3 is 12.1 Å².